The lowest BCUT2D eigenvalue weighted by Crippen LogP contribution is -2.53. The summed E-state index contributed by atoms with van der Waals surface area (Å²) in [7, 11) is 2.23. The Morgan fingerprint density at radius 3 is 1.77 bits per heavy atom. The summed E-state index contributed by atoms with van der Waals surface area (Å²) in [5.74, 6) is -7.76. The molecular weight excluding hydrogens is 199 g/mol. The summed E-state index contributed by atoms with van der Waals surface area (Å²) in [6, 6.07) is 0. The van der Waals surface area contributed by atoms with Gasteiger partial charge in [0.25, 0.3) is 0 Å². The molecule has 0 aliphatic rings. The molecule has 1 N–H and O–H groups in total. The van der Waals surface area contributed by atoms with Crippen LogP contribution in [0, 0.1) is 0 Å². The summed E-state index contributed by atoms with van der Waals surface area (Å²) in [6.07, 6.45) is -5.87. The highest BCUT2D eigenvalue weighted by Gasteiger charge is 2.63. The van der Waals surface area contributed by atoms with Gasteiger partial charge in [-0.15, -0.1) is 0 Å². The zero-order valence-electron chi connectivity index (χ0n) is 6.75. The van der Waals surface area contributed by atoms with Crippen molar-refractivity contribution in [2.24, 2.45) is 0 Å². The maximum atomic E-state index is 12.1. The summed E-state index contributed by atoms with van der Waals surface area (Å²) in [4.78, 5) is 10.3. The molecule has 8 heteroatoms. The number of rotatable bonds is 2. The van der Waals surface area contributed by atoms with Crippen molar-refractivity contribution in [2.75, 3.05) is 14.1 Å². The molecule has 0 aliphatic carbocycles. The molecule has 0 bridgehead atoms. The third-order valence-electron chi connectivity index (χ3n) is 0.966. The maximum absolute atomic E-state index is 12.1. The first-order valence-electron chi connectivity index (χ1n) is 3.02. The van der Waals surface area contributed by atoms with Gasteiger partial charge < -0.3 is 0 Å². The Labute approximate surface area is 70.5 Å². The van der Waals surface area contributed by atoms with Crippen LogP contribution in [0.2, 0.25) is 0 Å². The van der Waals surface area contributed by atoms with Crippen LogP contribution in [-0.4, -0.2) is 37.1 Å². The van der Waals surface area contributed by atoms with E-state index in [0.29, 0.717) is 5.01 Å². The number of nitrogens with one attached hydrogen (secondary N) is 1. The summed E-state index contributed by atoms with van der Waals surface area (Å²) < 4.78 is 58.8. The van der Waals surface area contributed by atoms with Gasteiger partial charge in [-0.3, -0.25) is 10.2 Å². The molecule has 0 radical (unpaired) electrons. The number of nitrogens with zero attached hydrogens (tertiary/aromatic N) is 1. The molecule has 0 saturated carbocycles. The molecule has 3 nitrogen and oxygen atoms in total. The zero-order valence-corrected chi connectivity index (χ0v) is 6.75. The smallest absolute Gasteiger partial charge is 0.284 e. The normalized spacial score (nSPS) is 13.2. The Morgan fingerprint density at radius 1 is 1.15 bits per heavy atom. The van der Waals surface area contributed by atoms with Crippen molar-refractivity contribution >= 4 is 5.91 Å². The summed E-state index contributed by atoms with van der Waals surface area (Å²) in [5, 5.41) is 0.696. The highest BCUT2D eigenvalue weighted by atomic mass is 19.4. The topological polar surface area (TPSA) is 32.3 Å². The Balaban J connectivity index is 4.56. The van der Waals surface area contributed by atoms with E-state index in [2.05, 4.69) is 0 Å². The van der Waals surface area contributed by atoms with Crippen molar-refractivity contribution in [2.45, 2.75) is 12.1 Å². The van der Waals surface area contributed by atoms with E-state index in [1.807, 2.05) is 0 Å². The molecule has 0 saturated heterocycles. The van der Waals surface area contributed by atoms with Crippen LogP contribution < -0.4 is 5.43 Å². The fraction of sp³-hybridized carbons (Fsp3) is 0.800. The second kappa shape index (κ2) is 3.44. The Hall–Kier alpha value is -0.920. The van der Waals surface area contributed by atoms with Crippen LogP contribution in [0.15, 0.2) is 0 Å². The number of hydrogen-bond donors (Lipinski definition) is 1. The van der Waals surface area contributed by atoms with Gasteiger partial charge in [-0.25, -0.2) is 5.01 Å². The molecule has 13 heavy (non-hydrogen) atoms. The fourth-order valence-electron chi connectivity index (χ4n) is 0.402. The van der Waals surface area contributed by atoms with Crippen LogP contribution in [0.3, 0.4) is 0 Å². The predicted molar refractivity (Wildman–Crippen MR) is 32.8 cm³/mol. The van der Waals surface area contributed by atoms with Gasteiger partial charge in [0.05, 0.1) is 0 Å². The van der Waals surface area contributed by atoms with Crippen LogP contribution in [0.5, 0.6) is 0 Å². The van der Waals surface area contributed by atoms with Crippen molar-refractivity contribution in [3.63, 3.8) is 0 Å². The molecule has 1 amide bonds. The first-order valence-corrected chi connectivity index (χ1v) is 3.02. The van der Waals surface area contributed by atoms with Crippen molar-refractivity contribution in [1.82, 2.24) is 10.4 Å². The third kappa shape index (κ3) is 2.79. The Kier molecular flexibility index (Phi) is 3.20. The second-order valence-corrected chi connectivity index (χ2v) is 2.41. The standard InChI is InChI=1S/C5H7F5N2O/c1-12(2)11-3(13)4(6,7)5(8,9)10/h1-2H3,(H,11,13). The van der Waals surface area contributed by atoms with Gasteiger partial charge in [-0.1, -0.05) is 0 Å². The van der Waals surface area contributed by atoms with E-state index in [1.54, 1.807) is 0 Å². The molecule has 0 aromatic rings. The minimum Gasteiger partial charge on any atom is -0.284 e. The largest absolute Gasteiger partial charge is 0.463 e. The first-order chi connectivity index (χ1) is 5.59. The lowest BCUT2D eigenvalue weighted by atomic mass is 10.3. The molecule has 0 atom stereocenters. The van der Waals surface area contributed by atoms with Gasteiger partial charge in [0.1, 0.15) is 0 Å². The first kappa shape index (κ1) is 12.1. The Morgan fingerprint density at radius 2 is 1.54 bits per heavy atom. The van der Waals surface area contributed by atoms with Gasteiger partial charge in [0.15, 0.2) is 0 Å². The average Bonchev–Trinajstić information content (AvgIpc) is 1.82. The SMILES string of the molecule is CN(C)NC(=O)C(F)(F)C(F)(F)F. The highest BCUT2D eigenvalue weighted by Crippen LogP contribution is 2.35. The van der Waals surface area contributed by atoms with E-state index in [-0.39, 0.29) is 0 Å². The molecule has 0 spiro atoms. The van der Waals surface area contributed by atoms with Crippen molar-refractivity contribution < 1.29 is 26.7 Å². The van der Waals surface area contributed by atoms with Gasteiger partial charge in [-0.2, -0.15) is 22.0 Å². The molecule has 0 heterocycles. The molecule has 0 aromatic heterocycles. The predicted octanol–water partition coefficient (Wildman–Crippen LogP) is 0.777. The molecular formula is C5H7F5N2O. The van der Waals surface area contributed by atoms with Crippen LogP contribution >= 0.6 is 0 Å². The molecule has 0 aliphatic heterocycles. The molecule has 0 fully saturated rings. The summed E-state index contributed by atoms with van der Waals surface area (Å²) >= 11 is 0. The van der Waals surface area contributed by atoms with Gasteiger partial charge >= 0.3 is 18.0 Å². The van der Waals surface area contributed by atoms with E-state index in [1.165, 1.54) is 5.43 Å². The maximum Gasteiger partial charge on any atom is 0.463 e. The molecule has 0 rings (SSSR count). The lowest BCUT2D eigenvalue weighted by Gasteiger charge is -2.20. The number of hydrogen-bond acceptors (Lipinski definition) is 2. The minimum absolute atomic E-state index is 0.696. The number of hydrazine groups is 1. The van der Waals surface area contributed by atoms with Crippen molar-refractivity contribution in [1.29, 1.82) is 0 Å². The monoisotopic (exact) mass is 206 g/mol. The van der Waals surface area contributed by atoms with Gasteiger partial charge in [0, 0.05) is 14.1 Å². The number of amides is 1. The number of halogens is 5. The highest BCUT2D eigenvalue weighted by molar-refractivity contribution is 5.83. The van der Waals surface area contributed by atoms with Crippen LogP contribution in [0.1, 0.15) is 0 Å². The fourth-order valence-corrected chi connectivity index (χ4v) is 0.402. The van der Waals surface area contributed by atoms with E-state index in [9.17, 15) is 26.7 Å². The summed E-state index contributed by atoms with van der Waals surface area (Å²) in [6.45, 7) is 0. The van der Waals surface area contributed by atoms with Crippen molar-refractivity contribution in [3.8, 4) is 0 Å². The van der Waals surface area contributed by atoms with Gasteiger partial charge in [0.2, 0.25) is 0 Å². The Bertz CT molecular complexity index is 200. The minimum atomic E-state index is -5.87. The summed E-state index contributed by atoms with van der Waals surface area (Å²) in [5.41, 5.74) is 1.31. The van der Waals surface area contributed by atoms with Crippen LogP contribution in [0.25, 0.3) is 0 Å². The number of alkyl halides is 5. The van der Waals surface area contributed by atoms with E-state index in [0.717, 1.165) is 14.1 Å². The lowest BCUT2D eigenvalue weighted by molar-refractivity contribution is -0.271. The average molecular weight is 206 g/mol. The van der Waals surface area contributed by atoms with Crippen molar-refractivity contribution in [3.05, 3.63) is 0 Å². The van der Waals surface area contributed by atoms with Crippen LogP contribution in [0.4, 0.5) is 22.0 Å². The zero-order chi connectivity index (χ0) is 10.9. The van der Waals surface area contributed by atoms with E-state index < -0.39 is 18.0 Å². The third-order valence-corrected chi connectivity index (χ3v) is 0.966. The molecule has 0 aromatic carbocycles. The van der Waals surface area contributed by atoms with Gasteiger partial charge in [-0.05, 0) is 0 Å². The van der Waals surface area contributed by atoms with Crippen LogP contribution in [-0.2, 0) is 4.79 Å². The second-order valence-electron chi connectivity index (χ2n) is 2.41. The van der Waals surface area contributed by atoms with E-state index in [4.69, 9.17) is 0 Å². The number of carbonyl (C=O) groups is 1. The molecule has 78 valence electrons. The number of carbonyl (C=O) groups excluding carboxylic acids is 1. The quantitative estimate of drug-likeness (QED) is 0.534. The molecule has 0 unspecified atom stereocenters. The van der Waals surface area contributed by atoms with E-state index >= 15 is 0 Å².